The van der Waals surface area contributed by atoms with Crippen molar-refractivity contribution in [2.24, 2.45) is 11.8 Å². The maximum Gasteiger partial charge on any atom is 0.272 e. The number of halogens is 1. The summed E-state index contributed by atoms with van der Waals surface area (Å²) in [5.74, 6) is 0.167. The van der Waals surface area contributed by atoms with E-state index in [0.29, 0.717) is 37.0 Å². The van der Waals surface area contributed by atoms with Gasteiger partial charge in [0.05, 0.1) is 6.04 Å². The first-order valence-electron chi connectivity index (χ1n) is 9.21. The average Bonchev–Trinajstić information content (AvgIpc) is 3.23. The molecule has 1 aromatic rings. The number of hydrogen-bond acceptors (Lipinski definition) is 5. The summed E-state index contributed by atoms with van der Waals surface area (Å²) < 4.78 is 13.9. The number of aromatic nitrogens is 1. The van der Waals surface area contributed by atoms with Gasteiger partial charge in [-0.1, -0.05) is 13.0 Å². The molecule has 2 amide bonds. The van der Waals surface area contributed by atoms with Crippen molar-refractivity contribution in [1.29, 1.82) is 0 Å². The Hall–Kier alpha value is -2.06. The highest BCUT2D eigenvalue weighted by Crippen LogP contribution is 2.32. The summed E-state index contributed by atoms with van der Waals surface area (Å²) in [4.78, 5) is 32.6. The molecule has 0 bridgehead atoms. The lowest BCUT2D eigenvalue weighted by Crippen LogP contribution is -2.67. The van der Waals surface area contributed by atoms with Gasteiger partial charge in [-0.15, -0.1) is 0 Å². The smallest absolute Gasteiger partial charge is 0.272 e. The van der Waals surface area contributed by atoms with Crippen LogP contribution in [0.25, 0.3) is 0 Å². The second-order valence-electron chi connectivity index (χ2n) is 7.39. The number of carbonyl (C=O) groups excluding carboxylic acids is 2. The average molecular weight is 361 g/mol. The van der Waals surface area contributed by atoms with Gasteiger partial charge in [0.15, 0.2) is 6.17 Å². The molecular formula is C18H24FN5O2. The van der Waals surface area contributed by atoms with Crippen molar-refractivity contribution >= 4 is 11.8 Å². The van der Waals surface area contributed by atoms with Crippen LogP contribution in [0.2, 0.25) is 0 Å². The Labute approximate surface area is 151 Å². The molecule has 7 nitrogen and oxygen atoms in total. The van der Waals surface area contributed by atoms with E-state index < -0.39 is 18.1 Å². The Bertz CT molecular complexity index is 673. The first kappa shape index (κ1) is 17.4. The third-order valence-corrected chi connectivity index (χ3v) is 5.75. The monoisotopic (exact) mass is 361 g/mol. The van der Waals surface area contributed by atoms with Crippen molar-refractivity contribution in [3.8, 4) is 0 Å². The van der Waals surface area contributed by atoms with Crippen LogP contribution in [-0.4, -0.2) is 71.3 Å². The molecule has 4 heterocycles. The summed E-state index contributed by atoms with van der Waals surface area (Å²) in [6.07, 6.45) is 0.374. The Kier molecular flexibility index (Phi) is 4.62. The van der Waals surface area contributed by atoms with Crippen LogP contribution >= 0.6 is 0 Å². The van der Waals surface area contributed by atoms with Gasteiger partial charge in [0.1, 0.15) is 12.0 Å². The minimum absolute atomic E-state index is 0.0260. The molecule has 140 valence electrons. The van der Waals surface area contributed by atoms with Crippen LogP contribution in [0, 0.1) is 11.8 Å². The number of rotatable bonds is 3. The van der Waals surface area contributed by atoms with Crippen LogP contribution in [0.1, 0.15) is 23.8 Å². The van der Waals surface area contributed by atoms with Crippen LogP contribution in [0.5, 0.6) is 0 Å². The predicted octanol–water partition coefficient (Wildman–Crippen LogP) is 0.205. The summed E-state index contributed by atoms with van der Waals surface area (Å²) in [5.41, 5.74) is 0.477. The summed E-state index contributed by atoms with van der Waals surface area (Å²) in [7, 11) is 0. The van der Waals surface area contributed by atoms with E-state index in [4.69, 9.17) is 0 Å². The number of fused-ring (bicyclic) bond motifs is 1. The minimum Gasteiger partial charge on any atom is -0.337 e. The maximum atomic E-state index is 13.9. The zero-order valence-electron chi connectivity index (χ0n) is 14.8. The van der Waals surface area contributed by atoms with Crippen LogP contribution in [0.3, 0.4) is 0 Å². The van der Waals surface area contributed by atoms with Gasteiger partial charge < -0.3 is 10.2 Å². The molecule has 3 aliphatic heterocycles. The molecule has 0 saturated carbocycles. The second kappa shape index (κ2) is 6.92. The van der Waals surface area contributed by atoms with Crippen molar-refractivity contribution in [3.05, 3.63) is 30.1 Å². The lowest BCUT2D eigenvalue weighted by atomic mass is 10.0. The Morgan fingerprint density at radius 3 is 2.62 bits per heavy atom. The van der Waals surface area contributed by atoms with Gasteiger partial charge in [0.2, 0.25) is 0 Å². The number of likely N-dealkylation sites (tertiary alicyclic amines) is 2. The fourth-order valence-corrected chi connectivity index (χ4v) is 4.30. The van der Waals surface area contributed by atoms with Crippen LogP contribution in [0.15, 0.2) is 24.4 Å². The van der Waals surface area contributed by atoms with Gasteiger partial charge in [-0.2, -0.15) is 0 Å². The second-order valence-corrected chi connectivity index (χ2v) is 7.39. The largest absolute Gasteiger partial charge is 0.337 e. The van der Waals surface area contributed by atoms with E-state index in [0.717, 1.165) is 13.1 Å². The van der Waals surface area contributed by atoms with Crippen molar-refractivity contribution in [2.45, 2.75) is 31.8 Å². The molecule has 5 unspecified atom stereocenters. The molecule has 3 aliphatic rings. The Morgan fingerprint density at radius 1 is 1.27 bits per heavy atom. The van der Waals surface area contributed by atoms with Gasteiger partial charge in [0.25, 0.3) is 11.8 Å². The molecular weight excluding hydrogens is 337 g/mol. The quantitative estimate of drug-likeness (QED) is 0.805. The van der Waals surface area contributed by atoms with E-state index >= 15 is 0 Å². The van der Waals surface area contributed by atoms with Crippen LogP contribution in [0.4, 0.5) is 4.39 Å². The van der Waals surface area contributed by atoms with Crippen LogP contribution < -0.4 is 10.6 Å². The summed E-state index contributed by atoms with van der Waals surface area (Å²) in [6, 6.07) is 4.90. The molecule has 2 N–H and O–H groups in total. The number of nitrogens with one attached hydrogen (secondary N) is 2. The van der Waals surface area contributed by atoms with E-state index in [1.165, 1.54) is 0 Å². The highest BCUT2D eigenvalue weighted by atomic mass is 19.1. The number of hydrogen-bond donors (Lipinski definition) is 2. The Morgan fingerprint density at radius 2 is 2.00 bits per heavy atom. The summed E-state index contributed by atoms with van der Waals surface area (Å²) >= 11 is 0. The Balaban J connectivity index is 1.36. The SMILES string of the molecule is CCC1NC(N2CC3CN(C(=O)c4ccccn4)CC3C2)NC(=O)C1F. The van der Waals surface area contributed by atoms with Gasteiger partial charge in [-0.3, -0.25) is 24.8 Å². The minimum atomic E-state index is -1.50. The third-order valence-electron chi connectivity index (χ3n) is 5.75. The first-order valence-corrected chi connectivity index (χ1v) is 9.21. The zero-order valence-corrected chi connectivity index (χ0v) is 14.8. The number of alkyl halides is 1. The fraction of sp³-hybridized carbons (Fsp3) is 0.611. The number of amides is 2. The molecule has 5 atom stereocenters. The maximum absolute atomic E-state index is 13.9. The van der Waals surface area contributed by atoms with E-state index in [-0.39, 0.29) is 12.2 Å². The van der Waals surface area contributed by atoms with Crippen LogP contribution in [-0.2, 0) is 4.79 Å². The number of carbonyl (C=O) groups is 2. The normalized spacial score (nSPS) is 34.6. The predicted molar refractivity (Wildman–Crippen MR) is 92.7 cm³/mol. The molecule has 4 rings (SSSR count). The lowest BCUT2D eigenvalue weighted by molar-refractivity contribution is -0.133. The van der Waals surface area contributed by atoms with Gasteiger partial charge in [-0.05, 0) is 30.4 Å². The van der Waals surface area contributed by atoms with E-state index in [1.54, 1.807) is 18.3 Å². The molecule has 0 radical (unpaired) electrons. The summed E-state index contributed by atoms with van der Waals surface area (Å²) in [5, 5.41) is 5.93. The van der Waals surface area contributed by atoms with Gasteiger partial charge >= 0.3 is 0 Å². The molecule has 0 aromatic carbocycles. The fourth-order valence-electron chi connectivity index (χ4n) is 4.30. The van der Waals surface area contributed by atoms with E-state index in [2.05, 4.69) is 20.5 Å². The highest BCUT2D eigenvalue weighted by Gasteiger charge is 2.46. The number of pyridine rings is 1. The molecule has 3 saturated heterocycles. The molecule has 1 aromatic heterocycles. The molecule has 3 fully saturated rings. The lowest BCUT2D eigenvalue weighted by Gasteiger charge is -2.38. The third kappa shape index (κ3) is 3.07. The number of nitrogens with zero attached hydrogens (tertiary/aromatic N) is 3. The van der Waals surface area contributed by atoms with Crippen molar-refractivity contribution in [3.63, 3.8) is 0 Å². The van der Waals surface area contributed by atoms with Crippen molar-refractivity contribution in [1.82, 2.24) is 25.4 Å². The van der Waals surface area contributed by atoms with Gasteiger partial charge in [0, 0.05) is 32.4 Å². The first-order chi connectivity index (χ1) is 12.6. The molecule has 0 spiro atoms. The van der Waals surface area contributed by atoms with E-state index in [1.807, 2.05) is 17.9 Å². The zero-order chi connectivity index (χ0) is 18.3. The molecule has 8 heteroatoms. The summed E-state index contributed by atoms with van der Waals surface area (Å²) in [6.45, 7) is 4.82. The molecule has 26 heavy (non-hydrogen) atoms. The van der Waals surface area contributed by atoms with Crippen molar-refractivity contribution in [2.75, 3.05) is 26.2 Å². The standard InChI is InChI=1S/C18H24FN5O2/c1-2-13-15(19)16(25)22-18(21-13)24-9-11-7-23(8-12(11)10-24)17(26)14-5-3-4-6-20-14/h3-6,11-13,15,18,21H,2,7-10H2,1H3,(H,22,25). The van der Waals surface area contributed by atoms with Gasteiger partial charge in [-0.25, -0.2) is 4.39 Å². The highest BCUT2D eigenvalue weighted by molar-refractivity contribution is 5.92. The molecule has 0 aliphatic carbocycles. The van der Waals surface area contributed by atoms with E-state index in [9.17, 15) is 14.0 Å². The van der Waals surface area contributed by atoms with Crippen molar-refractivity contribution < 1.29 is 14.0 Å². The topological polar surface area (TPSA) is 77.6 Å².